The first-order valence-electron chi connectivity index (χ1n) is 13.3. The minimum atomic E-state index is 0.445. The lowest BCUT2D eigenvalue weighted by molar-refractivity contribution is -0.166. The van der Waals surface area contributed by atoms with Crippen LogP contribution in [-0.4, -0.2) is 0 Å². The van der Waals surface area contributed by atoms with E-state index in [4.69, 9.17) is 0 Å². The lowest BCUT2D eigenvalue weighted by Gasteiger charge is -2.70. The zero-order chi connectivity index (χ0) is 20.8. The van der Waals surface area contributed by atoms with E-state index >= 15 is 0 Å². The van der Waals surface area contributed by atoms with Gasteiger partial charge in [0.2, 0.25) is 0 Å². The highest BCUT2D eigenvalue weighted by Gasteiger charge is 2.66. The van der Waals surface area contributed by atoms with Crippen molar-refractivity contribution in [2.24, 2.45) is 57.2 Å². The second-order valence-corrected chi connectivity index (χ2v) is 13.7. The standard InChI is InChI=1S/C29H48/c1-19-12-15-26(4)17-18-28(6)23(25(26)21(19)3)10-11-24-27(5)14-8-9-20(2)22(27)13-16-29(24,28)7/h10,19-22,24-25H,8-9,11-18H2,1-7H3/t19-,20-,21+,22+,24-,25+,26-,27+,28-,29-/m1/s1. The van der Waals surface area contributed by atoms with Crippen molar-refractivity contribution in [3.8, 4) is 0 Å². The van der Waals surface area contributed by atoms with E-state index in [0.717, 1.165) is 35.5 Å². The Morgan fingerprint density at radius 1 is 0.793 bits per heavy atom. The molecule has 0 amide bonds. The molecule has 0 heteroatoms. The molecule has 164 valence electrons. The molecule has 5 rings (SSSR count). The third-order valence-corrected chi connectivity index (χ3v) is 12.8. The van der Waals surface area contributed by atoms with Crippen LogP contribution in [0, 0.1) is 57.2 Å². The third-order valence-electron chi connectivity index (χ3n) is 12.8. The summed E-state index contributed by atoms with van der Waals surface area (Å²) in [6.07, 6.45) is 17.5. The van der Waals surface area contributed by atoms with Crippen molar-refractivity contribution in [2.45, 2.75) is 113 Å². The van der Waals surface area contributed by atoms with Crippen LogP contribution < -0.4 is 0 Å². The fourth-order valence-electron chi connectivity index (χ4n) is 10.5. The monoisotopic (exact) mass is 396 g/mol. The molecule has 29 heavy (non-hydrogen) atoms. The molecule has 0 unspecified atom stereocenters. The number of fused-ring (bicyclic) bond motifs is 7. The second kappa shape index (κ2) is 6.38. The highest BCUT2D eigenvalue weighted by Crippen LogP contribution is 2.74. The van der Waals surface area contributed by atoms with Crippen molar-refractivity contribution < 1.29 is 0 Å². The van der Waals surface area contributed by atoms with Gasteiger partial charge < -0.3 is 0 Å². The summed E-state index contributed by atoms with van der Waals surface area (Å²) in [5.74, 6) is 5.45. The molecule has 0 radical (unpaired) electrons. The predicted molar refractivity (Wildman–Crippen MR) is 125 cm³/mol. The van der Waals surface area contributed by atoms with Gasteiger partial charge in [0.05, 0.1) is 0 Å². The van der Waals surface area contributed by atoms with Crippen LogP contribution in [0.2, 0.25) is 0 Å². The Hall–Kier alpha value is -0.260. The molecule has 0 aromatic carbocycles. The Bertz CT molecular complexity index is 703. The first-order valence-corrected chi connectivity index (χ1v) is 13.3. The zero-order valence-corrected chi connectivity index (χ0v) is 20.6. The van der Waals surface area contributed by atoms with Gasteiger partial charge in [-0.15, -0.1) is 0 Å². The molecule has 0 heterocycles. The van der Waals surface area contributed by atoms with E-state index in [1.54, 1.807) is 0 Å². The molecule has 0 bridgehead atoms. The number of hydrogen-bond acceptors (Lipinski definition) is 0. The molecule has 4 saturated carbocycles. The van der Waals surface area contributed by atoms with Crippen LogP contribution in [0.1, 0.15) is 113 Å². The summed E-state index contributed by atoms with van der Waals surface area (Å²) in [6, 6.07) is 0. The minimum absolute atomic E-state index is 0.445. The lowest BCUT2D eigenvalue weighted by Crippen LogP contribution is -2.62. The fraction of sp³-hybridized carbons (Fsp3) is 0.931. The summed E-state index contributed by atoms with van der Waals surface area (Å²) in [6.45, 7) is 18.6. The first kappa shape index (κ1) is 20.6. The van der Waals surface area contributed by atoms with Gasteiger partial charge in [-0.3, -0.25) is 0 Å². The molecule has 10 atom stereocenters. The van der Waals surface area contributed by atoms with Gasteiger partial charge in [0.1, 0.15) is 0 Å². The van der Waals surface area contributed by atoms with E-state index in [1.165, 1.54) is 64.2 Å². The molecule has 0 saturated heterocycles. The van der Waals surface area contributed by atoms with Gasteiger partial charge in [0.25, 0.3) is 0 Å². The highest BCUT2D eigenvalue weighted by molar-refractivity contribution is 5.33. The van der Waals surface area contributed by atoms with Gasteiger partial charge in [-0.1, -0.05) is 73.0 Å². The molecular formula is C29H48. The van der Waals surface area contributed by atoms with Gasteiger partial charge in [0, 0.05) is 0 Å². The summed E-state index contributed by atoms with van der Waals surface area (Å²) in [7, 11) is 0. The highest BCUT2D eigenvalue weighted by atomic mass is 14.7. The molecule has 5 aliphatic rings. The average molecular weight is 397 g/mol. The first-order chi connectivity index (χ1) is 13.6. The van der Waals surface area contributed by atoms with Gasteiger partial charge in [-0.05, 0) is 109 Å². The third kappa shape index (κ3) is 2.50. The maximum Gasteiger partial charge on any atom is -0.00564 e. The average Bonchev–Trinajstić information content (AvgIpc) is 2.66. The Morgan fingerprint density at radius 3 is 2.31 bits per heavy atom. The SMILES string of the molecule is C[C@H]1[C@H](C)CC[C@]2(C)CC[C@]3(C)C(=CC[C@@H]4[C@@]5(C)CCC[C@@H](C)[C@@H]5CC[C@]43C)[C@H]12. The van der Waals surface area contributed by atoms with E-state index in [9.17, 15) is 0 Å². The Labute approximate surface area is 181 Å². The maximum absolute atomic E-state index is 2.86. The Morgan fingerprint density at radius 2 is 1.55 bits per heavy atom. The van der Waals surface area contributed by atoms with E-state index in [1.807, 2.05) is 5.57 Å². The molecule has 0 N–H and O–H groups in total. The zero-order valence-electron chi connectivity index (χ0n) is 20.6. The van der Waals surface area contributed by atoms with Crippen LogP contribution in [0.4, 0.5) is 0 Å². The van der Waals surface area contributed by atoms with Gasteiger partial charge >= 0.3 is 0 Å². The predicted octanol–water partition coefficient (Wildman–Crippen LogP) is 8.66. The van der Waals surface area contributed by atoms with Crippen molar-refractivity contribution in [3.63, 3.8) is 0 Å². The van der Waals surface area contributed by atoms with E-state index in [0.29, 0.717) is 21.7 Å². The van der Waals surface area contributed by atoms with E-state index in [-0.39, 0.29) is 0 Å². The van der Waals surface area contributed by atoms with Gasteiger partial charge in [0.15, 0.2) is 0 Å². The van der Waals surface area contributed by atoms with E-state index < -0.39 is 0 Å². The number of allylic oxidation sites excluding steroid dienone is 2. The number of hydrogen-bond donors (Lipinski definition) is 0. The normalized spacial score (nSPS) is 59.6. The summed E-state index contributed by atoms with van der Waals surface area (Å²) < 4.78 is 0. The van der Waals surface area contributed by atoms with Crippen LogP contribution in [0.3, 0.4) is 0 Å². The van der Waals surface area contributed by atoms with Crippen LogP contribution in [0.5, 0.6) is 0 Å². The molecule has 0 spiro atoms. The van der Waals surface area contributed by atoms with Gasteiger partial charge in [-0.2, -0.15) is 0 Å². The summed E-state index contributed by atoms with van der Waals surface area (Å²) >= 11 is 0. The van der Waals surface area contributed by atoms with Crippen LogP contribution in [-0.2, 0) is 0 Å². The lowest BCUT2D eigenvalue weighted by atomic mass is 9.34. The summed E-state index contributed by atoms with van der Waals surface area (Å²) in [5.41, 5.74) is 4.05. The topological polar surface area (TPSA) is 0 Å². The van der Waals surface area contributed by atoms with Crippen molar-refractivity contribution in [2.75, 3.05) is 0 Å². The molecule has 0 aliphatic heterocycles. The smallest absolute Gasteiger partial charge is 0.00564 e. The Balaban J connectivity index is 1.59. The fourth-order valence-corrected chi connectivity index (χ4v) is 10.5. The maximum atomic E-state index is 2.86. The molecule has 0 aromatic rings. The van der Waals surface area contributed by atoms with E-state index in [2.05, 4.69) is 54.5 Å². The van der Waals surface area contributed by atoms with Crippen molar-refractivity contribution in [3.05, 3.63) is 11.6 Å². The molecule has 0 nitrogen and oxygen atoms in total. The molecule has 0 aromatic heterocycles. The molecule has 4 fully saturated rings. The van der Waals surface area contributed by atoms with Crippen molar-refractivity contribution in [1.29, 1.82) is 0 Å². The van der Waals surface area contributed by atoms with Crippen LogP contribution in [0.25, 0.3) is 0 Å². The molecule has 5 aliphatic carbocycles. The summed E-state index contributed by atoms with van der Waals surface area (Å²) in [4.78, 5) is 0. The Kier molecular flexibility index (Phi) is 4.54. The summed E-state index contributed by atoms with van der Waals surface area (Å²) in [5, 5.41) is 0. The quantitative estimate of drug-likeness (QED) is 0.359. The minimum Gasteiger partial charge on any atom is -0.0841 e. The van der Waals surface area contributed by atoms with Gasteiger partial charge in [-0.25, -0.2) is 0 Å². The van der Waals surface area contributed by atoms with Crippen molar-refractivity contribution in [1.82, 2.24) is 0 Å². The van der Waals surface area contributed by atoms with Crippen LogP contribution in [0.15, 0.2) is 11.6 Å². The second-order valence-electron chi connectivity index (χ2n) is 13.7. The van der Waals surface area contributed by atoms with Crippen LogP contribution >= 0.6 is 0 Å². The molecular weight excluding hydrogens is 348 g/mol. The number of rotatable bonds is 0. The van der Waals surface area contributed by atoms with Crippen molar-refractivity contribution >= 4 is 0 Å². The largest absolute Gasteiger partial charge is 0.0841 e.